The van der Waals surface area contributed by atoms with Crippen molar-refractivity contribution in [2.75, 3.05) is 6.54 Å². The number of nitrogens with zero attached hydrogens (tertiary/aromatic N) is 2. The maximum atomic E-state index is 4.49. The molecule has 0 aliphatic carbocycles. The van der Waals surface area contributed by atoms with E-state index in [4.69, 9.17) is 0 Å². The molecule has 0 aliphatic rings. The second-order valence-electron chi connectivity index (χ2n) is 4.82. The Labute approximate surface area is 106 Å². The normalized spacial score (nSPS) is 13.2. The lowest BCUT2D eigenvalue weighted by atomic mass is 9.94. The summed E-state index contributed by atoms with van der Waals surface area (Å²) in [6, 6.07) is 0.403. The summed E-state index contributed by atoms with van der Waals surface area (Å²) in [4.78, 5) is 4.49. The quantitative estimate of drug-likeness (QED) is 0.752. The summed E-state index contributed by atoms with van der Waals surface area (Å²) in [5, 5.41) is 3.63. The number of imidazole rings is 1. The van der Waals surface area contributed by atoms with Gasteiger partial charge in [0.05, 0.1) is 6.04 Å². The standard InChI is InChI=1S/C14H27N3/c1-5-8-15-13(11-12(6-2)7-3)14-16-9-10-17(14)4/h9-10,12-13,15H,5-8,11H2,1-4H3. The van der Waals surface area contributed by atoms with E-state index in [1.807, 2.05) is 12.4 Å². The van der Waals surface area contributed by atoms with Crippen LogP contribution in [0.1, 0.15) is 58.3 Å². The predicted octanol–water partition coefficient (Wildman–Crippen LogP) is 3.29. The van der Waals surface area contributed by atoms with Crippen molar-refractivity contribution in [3.8, 4) is 0 Å². The molecule has 0 radical (unpaired) electrons. The van der Waals surface area contributed by atoms with Crippen molar-refractivity contribution in [3.05, 3.63) is 18.2 Å². The third-order valence-electron chi connectivity index (χ3n) is 3.53. The fraction of sp³-hybridized carbons (Fsp3) is 0.786. The highest BCUT2D eigenvalue weighted by atomic mass is 15.1. The molecule has 0 spiro atoms. The Morgan fingerprint density at radius 1 is 1.29 bits per heavy atom. The van der Waals surface area contributed by atoms with Gasteiger partial charge in [-0.05, 0) is 25.3 Å². The molecule has 0 saturated heterocycles. The van der Waals surface area contributed by atoms with Gasteiger partial charge in [-0.15, -0.1) is 0 Å². The summed E-state index contributed by atoms with van der Waals surface area (Å²) in [7, 11) is 2.08. The summed E-state index contributed by atoms with van der Waals surface area (Å²) in [6.45, 7) is 7.84. The van der Waals surface area contributed by atoms with E-state index in [1.165, 1.54) is 31.5 Å². The zero-order valence-corrected chi connectivity index (χ0v) is 11.7. The average molecular weight is 237 g/mol. The van der Waals surface area contributed by atoms with Gasteiger partial charge in [0.15, 0.2) is 0 Å². The first kappa shape index (κ1) is 14.2. The van der Waals surface area contributed by atoms with Crippen LogP contribution in [0.2, 0.25) is 0 Å². The SMILES string of the molecule is CCCNC(CC(CC)CC)c1nccn1C. The number of hydrogen-bond acceptors (Lipinski definition) is 2. The third kappa shape index (κ3) is 4.15. The van der Waals surface area contributed by atoms with E-state index < -0.39 is 0 Å². The van der Waals surface area contributed by atoms with Gasteiger partial charge in [0.2, 0.25) is 0 Å². The molecule has 1 rings (SSSR count). The maximum Gasteiger partial charge on any atom is 0.125 e. The van der Waals surface area contributed by atoms with Crippen LogP contribution in [0.4, 0.5) is 0 Å². The van der Waals surface area contributed by atoms with Gasteiger partial charge in [-0.3, -0.25) is 0 Å². The lowest BCUT2D eigenvalue weighted by molar-refractivity contribution is 0.357. The molecule has 1 aromatic heterocycles. The van der Waals surface area contributed by atoms with Gasteiger partial charge in [-0.1, -0.05) is 33.6 Å². The first-order chi connectivity index (χ1) is 8.22. The monoisotopic (exact) mass is 237 g/mol. The highest BCUT2D eigenvalue weighted by Crippen LogP contribution is 2.24. The second-order valence-corrected chi connectivity index (χ2v) is 4.82. The Morgan fingerprint density at radius 3 is 2.47 bits per heavy atom. The Balaban J connectivity index is 2.70. The lowest BCUT2D eigenvalue weighted by Gasteiger charge is -2.22. The summed E-state index contributed by atoms with van der Waals surface area (Å²) in [5.41, 5.74) is 0. The second kappa shape index (κ2) is 7.49. The van der Waals surface area contributed by atoms with Crippen LogP contribution in [-0.2, 0) is 7.05 Å². The minimum Gasteiger partial charge on any atom is -0.337 e. The molecule has 0 bridgehead atoms. The summed E-state index contributed by atoms with van der Waals surface area (Å²) < 4.78 is 2.13. The van der Waals surface area contributed by atoms with Gasteiger partial charge in [0.1, 0.15) is 5.82 Å². The molecular formula is C14H27N3. The van der Waals surface area contributed by atoms with E-state index in [0.29, 0.717) is 6.04 Å². The van der Waals surface area contributed by atoms with Gasteiger partial charge in [-0.25, -0.2) is 4.98 Å². The molecule has 98 valence electrons. The van der Waals surface area contributed by atoms with E-state index in [2.05, 4.69) is 42.7 Å². The van der Waals surface area contributed by atoms with Crippen LogP contribution in [0.15, 0.2) is 12.4 Å². The molecule has 0 amide bonds. The van der Waals surface area contributed by atoms with Gasteiger partial charge in [0, 0.05) is 19.4 Å². The zero-order valence-electron chi connectivity index (χ0n) is 11.7. The number of nitrogens with one attached hydrogen (secondary N) is 1. The highest BCUT2D eigenvalue weighted by molar-refractivity contribution is 4.99. The van der Waals surface area contributed by atoms with Crippen molar-refractivity contribution in [3.63, 3.8) is 0 Å². The van der Waals surface area contributed by atoms with Gasteiger partial charge in [-0.2, -0.15) is 0 Å². The van der Waals surface area contributed by atoms with Crippen LogP contribution in [-0.4, -0.2) is 16.1 Å². The van der Waals surface area contributed by atoms with E-state index in [9.17, 15) is 0 Å². The number of hydrogen-bond donors (Lipinski definition) is 1. The first-order valence-corrected chi connectivity index (χ1v) is 6.93. The fourth-order valence-electron chi connectivity index (χ4n) is 2.27. The molecule has 0 aromatic carbocycles. The van der Waals surface area contributed by atoms with Gasteiger partial charge < -0.3 is 9.88 Å². The summed E-state index contributed by atoms with van der Waals surface area (Å²) >= 11 is 0. The Kier molecular flexibility index (Phi) is 6.27. The van der Waals surface area contributed by atoms with Crippen LogP contribution in [0.5, 0.6) is 0 Å². The lowest BCUT2D eigenvalue weighted by Crippen LogP contribution is -2.26. The zero-order chi connectivity index (χ0) is 12.7. The molecule has 3 nitrogen and oxygen atoms in total. The molecule has 0 fully saturated rings. The van der Waals surface area contributed by atoms with Crippen LogP contribution in [0.3, 0.4) is 0 Å². The molecule has 17 heavy (non-hydrogen) atoms. The van der Waals surface area contributed by atoms with Gasteiger partial charge >= 0.3 is 0 Å². The van der Waals surface area contributed by atoms with E-state index in [1.54, 1.807) is 0 Å². The van der Waals surface area contributed by atoms with Gasteiger partial charge in [0.25, 0.3) is 0 Å². The summed E-state index contributed by atoms with van der Waals surface area (Å²) in [5.74, 6) is 1.96. The Hall–Kier alpha value is -0.830. The van der Waals surface area contributed by atoms with Crippen LogP contribution >= 0.6 is 0 Å². The fourth-order valence-corrected chi connectivity index (χ4v) is 2.27. The highest BCUT2D eigenvalue weighted by Gasteiger charge is 2.18. The van der Waals surface area contributed by atoms with Crippen molar-refractivity contribution >= 4 is 0 Å². The van der Waals surface area contributed by atoms with Crippen molar-refractivity contribution in [2.24, 2.45) is 13.0 Å². The van der Waals surface area contributed by atoms with Crippen molar-refractivity contribution in [1.82, 2.24) is 14.9 Å². The minimum atomic E-state index is 0.403. The molecule has 1 aromatic rings. The minimum absolute atomic E-state index is 0.403. The Morgan fingerprint density at radius 2 is 2.00 bits per heavy atom. The molecule has 3 heteroatoms. The predicted molar refractivity (Wildman–Crippen MR) is 72.9 cm³/mol. The first-order valence-electron chi connectivity index (χ1n) is 6.93. The van der Waals surface area contributed by atoms with Crippen molar-refractivity contribution < 1.29 is 0 Å². The largest absolute Gasteiger partial charge is 0.337 e. The van der Waals surface area contributed by atoms with Crippen molar-refractivity contribution in [1.29, 1.82) is 0 Å². The molecule has 0 saturated carbocycles. The van der Waals surface area contributed by atoms with Crippen molar-refractivity contribution in [2.45, 2.75) is 52.5 Å². The summed E-state index contributed by atoms with van der Waals surface area (Å²) in [6.07, 6.45) is 8.80. The third-order valence-corrected chi connectivity index (χ3v) is 3.53. The van der Waals surface area contributed by atoms with Crippen LogP contribution in [0.25, 0.3) is 0 Å². The molecule has 1 N–H and O–H groups in total. The topological polar surface area (TPSA) is 29.9 Å². The van der Waals surface area contributed by atoms with Crippen LogP contribution < -0.4 is 5.32 Å². The van der Waals surface area contributed by atoms with Crippen LogP contribution in [0, 0.1) is 5.92 Å². The Bertz CT molecular complexity index is 302. The van der Waals surface area contributed by atoms with E-state index in [0.717, 1.165) is 12.5 Å². The number of aryl methyl sites for hydroxylation is 1. The maximum absolute atomic E-state index is 4.49. The smallest absolute Gasteiger partial charge is 0.125 e. The molecule has 0 aliphatic heterocycles. The molecule has 1 heterocycles. The average Bonchev–Trinajstić information content (AvgIpc) is 2.76. The number of rotatable bonds is 8. The van der Waals surface area contributed by atoms with E-state index >= 15 is 0 Å². The molecular weight excluding hydrogens is 210 g/mol. The number of aromatic nitrogens is 2. The molecule has 1 atom stereocenters. The molecule has 1 unspecified atom stereocenters. The van der Waals surface area contributed by atoms with E-state index in [-0.39, 0.29) is 0 Å².